The van der Waals surface area contributed by atoms with Crippen LogP contribution in [0.1, 0.15) is 32.1 Å². The van der Waals surface area contributed by atoms with E-state index in [9.17, 15) is 13.2 Å². The number of methoxy groups -OCH3 is 1. The number of ether oxygens (including phenoxy) is 1. The molecule has 0 aliphatic heterocycles. The van der Waals surface area contributed by atoms with Crippen LogP contribution in [0.15, 0.2) is 0 Å². The second kappa shape index (κ2) is 7.18. The molecule has 0 amide bonds. The molecule has 1 aliphatic rings. The maximum absolute atomic E-state index is 12.1. The van der Waals surface area contributed by atoms with Gasteiger partial charge >= 0.3 is 5.97 Å². The van der Waals surface area contributed by atoms with Crippen LogP contribution in [-0.4, -0.2) is 51.5 Å². The zero-order valence-corrected chi connectivity index (χ0v) is 12.3. The van der Waals surface area contributed by atoms with Gasteiger partial charge in [-0.05, 0) is 12.8 Å². The first kappa shape index (κ1) is 16.4. The van der Waals surface area contributed by atoms with E-state index in [0.29, 0.717) is 0 Å². The lowest BCUT2D eigenvalue weighted by atomic mass is 9.92. The van der Waals surface area contributed by atoms with Crippen LogP contribution in [0, 0.1) is 0 Å². The van der Waals surface area contributed by atoms with E-state index in [4.69, 9.17) is 5.73 Å². The Hall–Kier alpha value is -0.700. The van der Waals surface area contributed by atoms with Crippen LogP contribution in [0.3, 0.4) is 0 Å². The van der Waals surface area contributed by atoms with Gasteiger partial charge in [0.15, 0.2) is 0 Å². The van der Waals surface area contributed by atoms with Crippen molar-refractivity contribution in [2.45, 2.75) is 44.2 Å². The molecule has 0 aromatic carbocycles. The predicted octanol–water partition coefficient (Wildman–Crippen LogP) is -0.414. The molecule has 1 aliphatic carbocycles. The first-order chi connectivity index (χ1) is 8.86. The number of nitrogens with zero attached hydrogens (tertiary/aromatic N) is 1. The molecular formula is C11H23N3O4S. The fourth-order valence-corrected chi connectivity index (χ4v) is 3.24. The minimum atomic E-state index is -3.60. The number of esters is 1. The number of hydrogen-bond acceptors (Lipinski definition) is 5. The van der Waals surface area contributed by atoms with Gasteiger partial charge in [-0.25, -0.2) is 0 Å². The van der Waals surface area contributed by atoms with Gasteiger partial charge in [-0.1, -0.05) is 12.8 Å². The highest BCUT2D eigenvalue weighted by atomic mass is 32.2. The lowest BCUT2D eigenvalue weighted by molar-refractivity contribution is -0.140. The van der Waals surface area contributed by atoms with E-state index in [-0.39, 0.29) is 25.0 Å². The molecule has 0 heterocycles. The van der Waals surface area contributed by atoms with E-state index in [0.717, 1.165) is 30.0 Å². The maximum Gasteiger partial charge on any atom is 0.306 e. The van der Waals surface area contributed by atoms with Gasteiger partial charge in [-0.15, -0.1) is 0 Å². The molecule has 2 atom stereocenters. The van der Waals surface area contributed by atoms with Crippen molar-refractivity contribution < 1.29 is 17.9 Å². The Bertz CT molecular complexity index is 399. The van der Waals surface area contributed by atoms with Crippen molar-refractivity contribution in [2.24, 2.45) is 5.73 Å². The third kappa shape index (κ3) is 5.06. The number of nitrogens with one attached hydrogen (secondary N) is 1. The molecule has 7 nitrogen and oxygen atoms in total. The Morgan fingerprint density at radius 3 is 2.63 bits per heavy atom. The van der Waals surface area contributed by atoms with E-state index >= 15 is 0 Å². The van der Waals surface area contributed by atoms with Crippen LogP contribution in [0.5, 0.6) is 0 Å². The SMILES string of the molecule is COC(=O)CCN(C)S(=O)(=O)NC1CCCCC1N. The van der Waals surface area contributed by atoms with Crippen molar-refractivity contribution in [3.05, 3.63) is 0 Å². The summed E-state index contributed by atoms with van der Waals surface area (Å²) in [6, 6.07) is -0.364. The van der Waals surface area contributed by atoms with Gasteiger partial charge in [-0.3, -0.25) is 4.79 Å². The molecule has 1 rings (SSSR count). The zero-order chi connectivity index (χ0) is 14.5. The number of hydrogen-bond donors (Lipinski definition) is 2. The smallest absolute Gasteiger partial charge is 0.306 e. The van der Waals surface area contributed by atoms with Crippen molar-refractivity contribution in [3.63, 3.8) is 0 Å². The Kier molecular flexibility index (Phi) is 6.18. The van der Waals surface area contributed by atoms with E-state index in [2.05, 4.69) is 9.46 Å². The van der Waals surface area contributed by atoms with Gasteiger partial charge in [0, 0.05) is 25.7 Å². The zero-order valence-electron chi connectivity index (χ0n) is 11.5. The highest BCUT2D eigenvalue weighted by Gasteiger charge is 2.28. The molecular weight excluding hydrogens is 270 g/mol. The first-order valence-electron chi connectivity index (χ1n) is 6.43. The van der Waals surface area contributed by atoms with Crippen molar-refractivity contribution >= 4 is 16.2 Å². The number of carbonyl (C=O) groups excluding carboxylic acids is 1. The van der Waals surface area contributed by atoms with Crippen molar-refractivity contribution in [1.29, 1.82) is 0 Å². The van der Waals surface area contributed by atoms with Crippen molar-refractivity contribution in [3.8, 4) is 0 Å². The van der Waals surface area contributed by atoms with Crippen LogP contribution < -0.4 is 10.5 Å². The molecule has 112 valence electrons. The first-order valence-corrected chi connectivity index (χ1v) is 7.87. The molecule has 0 spiro atoms. The van der Waals surface area contributed by atoms with Gasteiger partial charge in [0.25, 0.3) is 10.2 Å². The molecule has 0 aromatic heterocycles. The predicted molar refractivity (Wildman–Crippen MR) is 71.5 cm³/mol. The molecule has 19 heavy (non-hydrogen) atoms. The monoisotopic (exact) mass is 293 g/mol. The largest absolute Gasteiger partial charge is 0.469 e. The summed E-state index contributed by atoms with van der Waals surface area (Å²) in [5, 5.41) is 0. The molecule has 1 fully saturated rings. The van der Waals surface area contributed by atoms with Gasteiger partial charge in [0.1, 0.15) is 0 Å². The van der Waals surface area contributed by atoms with Crippen LogP contribution in [0.2, 0.25) is 0 Å². The number of carbonyl (C=O) groups is 1. The molecule has 0 aromatic rings. The average Bonchev–Trinajstić information content (AvgIpc) is 2.37. The topological polar surface area (TPSA) is 102 Å². The lowest BCUT2D eigenvalue weighted by Crippen LogP contribution is -2.52. The van der Waals surface area contributed by atoms with Gasteiger partial charge in [0.05, 0.1) is 13.5 Å². The van der Waals surface area contributed by atoms with Crippen molar-refractivity contribution in [2.75, 3.05) is 20.7 Å². The Morgan fingerprint density at radius 2 is 2.05 bits per heavy atom. The average molecular weight is 293 g/mol. The molecule has 3 N–H and O–H groups in total. The summed E-state index contributed by atoms with van der Waals surface area (Å²) in [4.78, 5) is 11.0. The summed E-state index contributed by atoms with van der Waals surface area (Å²) in [6.07, 6.45) is 3.64. The molecule has 1 saturated carbocycles. The van der Waals surface area contributed by atoms with Crippen LogP contribution in [-0.2, 0) is 19.7 Å². The highest BCUT2D eigenvalue weighted by molar-refractivity contribution is 7.87. The third-order valence-corrected chi connectivity index (χ3v) is 4.99. The summed E-state index contributed by atoms with van der Waals surface area (Å²) >= 11 is 0. The second-order valence-electron chi connectivity index (χ2n) is 4.83. The fourth-order valence-electron chi connectivity index (χ4n) is 2.06. The summed E-state index contributed by atoms with van der Waals surface area (Å²) in [6.45, 7) is 0.0873. The van der Waals surface area contributed by atoms with Gasteiger partial charge in [-0.2, -0.15) is 17.4 Å². The fraction of sp³-hybridized carbons (Fsp3) is 0.909. The summed E-state index contributed by atoms with van der Waals surface area (Å²) < 4.78 is 32.3. The molecule has 2 unspecified atom stereocenters. The van der Waals surface area contributed by atoms with Crippen LogP contribution in [0.4, 0.5) is 0 Å². The lowest BCUT2D eigenvalue weighted by Gasteiger charge is -2.30. The van der Waals surface area contributed by atoms with E-state index < -0.39 is 16.2 Å². The maximum atomic E-state index is 12.1. The minimum Gasteiger partial charge on any atom is -0.469 e. The molecule has 0 radical (unpaired) electrons. The second-order valence-corrected chi connectivity index (χ2v) is 6.63. The van der Waals surface area contributed by atoms with E-state index in [1.807, 2.05) is 0 Å². The standard InChI is InChI=1S/C11H23N3O4S/c1-14(8-7-11(15)18-2)19(16,17)13-10-6-4-3-5-9(10)12/h9-10,13H,3-8,12H2,1-2H3. The summed E-state index contributed by atoms with van der Waals surface area (Å²) in [5.74, 6) is -0.434. The Labute approximate surface area is 114 Å². The molecule has 8 heteroatoms. The minimum absolute atomic E-state index is 0.0324. The Morgan fingerprint density at radius 1 is 1.42 bits per heavy atom. The summed E-state index contributed by atoms with van der Waals surface area (Å²) in [5.41, 5.74) is 5.91. The van der Waals surface area contributed by atoms with Crippen LogP contribution >= 0.6 is 0 Å². The van der Waals surface area contributed by atoms with Gasteiger partial charge in [0.2, 0.25) is 0 Å². The molecule has 0 saturated heterocycles. The highest BCUT2D eigenvalue weighted by Crippen LogP contribution is 2.18. The third-order valence-electron chi connectivity index (χ3n) is 3.39. The molecule has 0 bridgehead atoms. The van der Waals surface area contributed by atoms with Gasteiger partial charge < -0.3 is 10.5 Å². The number of nitrogens with two attached hydrogens (primary N) is 1. The van der Waals surface area contributed by atoms with E-state index in [1.54, 1.807) is 0 Å². The Balaban J connectivity index is 2.51. The quantitative estimate of drug-likeness (QED) is 0.648. The van der Waals surface area contributed by atoms with Crippen molar-refractivity contribution in [1.82, 2.24) is 9.03 Å². The normalized spacial score (nSPS) is 24.4. The summed E-state index contributed by atoms with van der Waals surface area (Å²) in [7, 11) is -0.897. The number of rotatable bonds is 6. The van der Waals surface area contributed by atoms with Crippen LogP contribution in [0.25, 0.3) is 0 Å². The van der Waals surface area contributed by atoms with E-state index in [1.165, 1.54) is 14.2 Å².